The third kappa shape index (κ3) is 19.5. The van der Waals surface area contributed by atoms with Gasteiger partial charge in [0.15, 0.2) is 5.13 Å². The number of aromatic nitrogens is 2. The number of hydrogen-bond acceptors (Lipinski definition) is 15. The lowest BCUT2D eigenvalue weighted by atomic mass is 9.83. The highest BCUT2D eigenvalue weighted by Gasteiger charge is 2.41. The van der Waals surface area contributed by atoms with E-state index in [9.17, 15) is 28.8 Å². The largest absolute Gasteiger partial charge is 0.495 e. The van der Waals surface area contributed by atoms with Crippen molar-refractivity contribution in [2.24, 2.45) is 11.8 Å². The monoisotopic (exact) mass is 1150 g/mol. The third-order valence-electron chi connectivity index (χ3n) is 15.2. The zero-order valence-electron chi connectivity index (χ0n) is 48.1. The second kappa shape index (κ2) is 33.5. The lowest BCUT2D eigenvalue weighted by Crippen LogP contribution is -2.57. The van der Waals surface area contributed by atoms with Crippen LogP contribution in [0.3, 0.4) is 0 Å². The Morgan fingerprint density at radius 2 is 1.48 bits per heavy atom. The number of nitrogens with one attached hydrogen (secondary N) is 5. The van der Waals surface area contributed by atoms with Crippen molar-refractivity contribution in [2.45, 2.75) is 115 Å². The molecule has 1 aliphatic heterocycles. The highest BCUT2D eigenvalue weighted by atomic mass is 32.1. The van der Waals surface area contributed by atoms with Crippen molar-refractivity contribution in [3.63, 3.8) is 0 Å². The fourth-order valence-corrected chi connectivity index (χ4v) is 11.3. The van der Waals surface area contributed by atoms with Gasteiger partial charge in [0.05, 0.1) is 72.0 Å². The van der Waals surface area contributed by atoms with Gasteiger partial charge in [0.25, 0.3) is 11.8 Å². The number of ether oxygens (including phenoxy) is 5. The van der Waals surface area contributed by atoms with Crippen LogP contribution < -0.4 is 31.3 Å². The number of amides is 6. The van der Waals surface area contributed by atoms with E-state index in [4.69, 9.17) is 23.7 Å². The Kier molecular flexibility index (Phi) is 25.7. The maximum absolute atomic E-state index is 14.3. The third-order valence-corrected chi connectivity index (χ3v) is 16.1. The average Bonchev–Trinajstić information content (AvgIpc) is 4.27. The molecule has 3 aliphatic rings. The van der Waals surface area contributed by atoms with Crippen LogP contribution in [-0.2, 0) is 55.9 Å². The molecule has 6 amide bonds. The molecular formula is C61H83N9O11S. The number of rotatable bonds is 31. The average molecular weight is 1150 g/mol. The van der Waals surface area contributed by atoms with Crippen LogP contribution in [0.15, 0.2) is 72.9 Å². The summed E-state index contributed by atoms with van der Waals surface area (Å²) >= 11 is 1.12. The molecule has 20 nitrogen and oxygen atoms in total. The summed E-state index contributed by atoms with van der Waals surface area (Å²) in [6.45, 7) is 4.70. The van der Waals surface area contributed by atoms with Crippen molar-refractivity contribution < 1.29 is 52.5 Å². The second-order valence-electron chi connectivity index (χ2n) is 21.1. The lowest BCUT2D eigenvalue weighted by Gasteiger charge is -2.35. The number of pyridine rings is 1. The summed E-state index contributed by atoms with van der Waals surface area (Å²) < 4.78 is 28.0. The molecule has 2 aliphatic carbocycles. The van der Waals surface area contributed by atoms with Crippen LogP contribution in [-0.4, -0.2) is 160 Å². The molecule has 2 saturated carbocycles. The van der Waals surface area contributed by atoms with Gasteiger partial charge < -0.3 is 54.8 Å². The first-order valence-corrected chi connectivity index (χ1v) is 29.8. The maximum atomic E-state index is 14.3. The first kappa shape index (κ1) is 63.0. The fourth-order valence-electron chi connectivity index (χ4n) is 10.4. The van der Waals surface area contributed by atoms with Gasteiger partial charge in [-0.2, -0.15) is 0 Å². The number of anilines is 2. The highest BCUT2D eigenvalue weighted by molar-refractivity contribution is 7.20. The molecule has 1 unspecified atom stereocenters. The number of carbonyl (C=O) groups is 6. The van der Waals surface area contributed by atoms with E-state index in [0.29, 0.717) is 87.0 Å². The molecule has 2 aromatic carbocycles. The van der Waals surface area contributed by atoms with E-state index < -0.39 is 24.0 Å². The van der Waals surface area contributed by atoms with Crippen LogP contribution in [0.2, 0.25) is 0 Å². The van der Waals surface area contributed by atoms with Gasteiger partial charge in [-0.15, -0.1) is 0 Å². The maximum Gasteiger partial charge on any atom is 0.270 e. The van der Waals surface area contributed by atoms with Gasteiger partial charge in [0, 0.05) is 37.8 Å². The van der Waals surface area contributed by atoms with Crippen molar-refractivity contribution in [3.05, 3.63) is 95.3 Å². The molecule has 82 heavy (non-hydrogen) atoms. The van der Waals surface area contributed by atoms with Crippen molar-refractivity contribution in [1.82, 2.24) is 35.7 Å². The van der Waals surface area contributed by atoms with Crippen LogP contribution in [0.5, 0.6) is 5.75 Å². The SMILES string of the molecule is CN[C@@H](C)C(=O)NC(C(=O)N1CCC[C@H]1C(=O)Nc1sc(NC(=O)COCCOCCOCCOCCN(C)C(=O)Cc2cccc(CNC(=O)c3cc(/C=C/C4CCCCC4)c(OC)cn3)c2)nc1-c1ccccc1)C1CCCCC1. The van der Waals surface area contributed by atoms with E-state index in [2.05, 4.69) is 42.6 Å². The van der Waals surface area contributed by atoms with Gasteiger partial charge in [-0.1, -0.05) is 117 Å². The van der Waals surface area contributed by atoms with Gasteiger partial charge in [0.2, 0.25) is 23.6 Å². The van der Waals surface area contributed by atoms with E-state index in [0.717, 1.165) is 65.7 Å². The predicted octanol–water partition coefficient (Wildman–Crippen LogP) is 7.05. The lowest BCUT2D eigenvalue weighted by molar-refractivity contribution is -0.142. The summed E-state index contributed by atoms with van der Waals surface area (Å²) in [6.07, 6.45) is 18.1. The van der Waals surface area contributed by atoms with Gasteiger partial charge in [-0.05, 0) is 81.5 Å². The minimum Gasteiger partial charge on any atom is -0.495 e. The van der Waals surface area contributed by atoms with E-state index in [1.807, 2.05) is 60.7 Å². The minimum absolute atomic E-state index is 0.00363. The van der Waals surface area contributed by atoms with Crippen LogP contribution in [0.25, 0.3) is 17.3 Å². The van der Waals surface area contributed by atoms with Crippen molar-refractivity contribution >= 4 is 63.0 Å². The smallest absolute Gasteiger partial charge is 0.270 e. The highest BCUT2D eigenvalue weighted by Crippen LogP contribution is 2.37. The number of benzene rings is 2. The van der Waals surface area contributed by atoms with Gasteiger partial charge in [0.1, 0.15) is 40.8 Å². The predicted molar refractivity (Wildman–Crippen MR) is 315 cm³/mol. The Hall–Kier alpha value is -6.62. The molecule has 3 fully saturated rings. The second-order valence-corrected chi connectivity index (χ2v) is 22.1. The Balaban J connectivity index is 0.746. The standard InChI is InChI=1S/C61H83N9O11S/c1-42(62-2)56(73)66-55(47-22-12-7-13-23-47)60(76)70-27-15-24-50(70)58(75)68-59-54(46-20-10-6-11-21-46)67-61(82-59)65-52(71)41-81-35-34-80-33-32-79-31-30-78-29-28-69(3)53(72)37-44-18-14-19-45(36-44)39-64-57(74)49-38-48(51(77-4)40-63-49)26-25-43-16-8-5-9-17-43/h6,10-11,14,18-21,25-26,36,38,40,42-43,47,50,55,62H,5,7-9,12-13,15-17,22-24,27-35,37,39,41H2,1-4H3,(H,64,74)(H,66,73)(H,68,75)(H,65,67,71)/b26-25+/t42-,50-,55?/m0/s1. The summed E-state index contributed by atoms with van der Waals surface area (Å²) in [5, 5.41) is 15.4. The molecular weight excluding hydrogens is 1070 g/mol. The number of hydrogen-bond donors (Lipinski definition) is 5. The molecule has 4 aromatic rings. The molecule has 0 radical (unpaired) electrons. The van der Waals surface area contributed by atoms with Gasteiger partial charge in [-0.3, -0.25) is 34.1 Å². The molecule has 0 spiro atoms. The van der Waals surface area contributed by atoms with Crippen LogP contribution in [0.1, 0.15) is 111 Å². The number of thiazole rings is 1. The molecule has 5 N–H and O–H groups in total. The molecule has 2 aromatic heterocycles. The van der Waals surface area contributed by atoms with Crippen molar-refractivity contribution in [1.29, 1.82) is 0 Å². The van der Waals surface area contributed by atoms with Gasteiger partial charge >= 0.3 is 0 Å². The molecule has 3 heterocycles. The summed E-state index contributed by atoms with van der Waals surface area (Å²) in [7, 11) is 5.04. The Morgan fingerprint density at radius 3 is 2.18 bits per heavy atom. The normalized spacial score (nSPS) is 16.6. The molecule has 3 atom stereocenters. The summed E-state index contributed by atoms with van der Waals surface area (Å²) in [6, 6.07) is 16.8. The molecule has 1 saturated heterocycles. The van der Waals surface area contributed by atoms with Crippen LogP contribution in [0, 0.1) is 11.8 Å². The quantitative estimate of drug-likeness (QED) is 0.0318. The number of allylic oxidation sites excluding steroid dienone is 1. The number of likely N-dealkylation sites (N-methyl/N-ethyl adjacent to an activating group) is 2. The van der Waals surface area contributed by atoms with Crippen LogP contribution >= 0.6 is 11.3 Å². The Labute approximate surface area is 486 Å². The van der Waals surface area contributed by atoms with E-state index in [1.54, 1.807) is 50.2 Å². The molecule has 444 valence electrons. The first-order chi connectivity index (χ1) is 39.9. The summed E-state index contributed by atoms with van der Waals surface area (Å²) in [4.78, 5) is 92.8. The number of nitrogens with zero attached hydrogens (tertiary/aromatic N) is 4. The Bertz CT molecular complexity index is 2730. The van der Waals surface area contributed by atoms with Crippen LogP contribution in [0.4, 0.5) is 10.1 Å². The van der Waals surface area contributed by atoms with Gasteiger partial charge in [-0.25, -0.2) is 9.97 Å². The number of carbonyl (C=O) groups excluding carboxylic acids is 6. The van der Waals surface area contributed by atoms with E-state index in [1.165, 1.54) is 32.1 Å². The minimum atomic E-state index is -0.738. The fraction of sp³-hybridized carbons (Fsp3) is 0.541. The Morgan fingerprint density at radius 1 is 0.793 bits per heavy atom. The zero-order valence-corrected chi connectivity index (χ0v) is 48.9. The molecule has 7 rings (SSSR count). The number of likely N-dealkylation sites (tertiary alicyclic amines) is 1. The number of methoxy groups -OCH3 is 1. The van der Waals surface area contributed by atoms with E-state index in [-0.39, 0.29) is 73.4 Å². The van der Waals surface area contributed by atoms with E-state index >= 15 is 0 Å². The summed E-state index contributed by atoms with van der Waals surface area (Å²) in [5.74, 6) is -0.458. The zero-order chi connectivity index (χ0) is 58.1. The topological polar surface area (TPSA) is 241 Å². The molecule has 21 heteroatoms. The molecule has 0 bridgehead atoms. The van der Waals surface area contributed by atoms with Crippen molar-refractivity contribution in [2.75, 3.05) is 97.8 Å². The summed E-state index contributed by atoms with van der Waals surface area (Å²) in [5.41, 5.74) is 4.06. The van der Waals surface area contributed by atoms with Crippen molar-refractivity contribution in [3.8, 4) is 17.0 Å². The first-order valence-electron chi connectivity index (χ1n) is 29.0.